The van der Waals surface area contributed by atoms with Crippen molar-refractivity contribution in [3.8, 4) is 0 Å². The fraction of sp³-hybridized carbons (Fsp3) is 0.467. The lowest BCUT2D eigenvalue weighted by Crippen LogP contribution is -2.45. The van der Waals surface area contributed by atoms with Gasteiger partial charge in [0.05, 0.1) is 5.37 Å². The summed E-state index contributed by atoms with van der Waals surface area (Å²) in [5, 5.41) is 9.85. The van der Waals surface area contributed by atoms with E-state index in [9.17, 15) is 14.7 Å². The van der Waals surface area contributed by atoms with Crippen molar-refractivity contribution in [3.63, 3.8) is 0 Å². The first-order valence-corrected chi connectivity index (χ1v) is 8.31. The van der Waals surface area contributed by atoms with E-state index in [1.54, 1.807) is 30.0 Å². The van der Waals surface area contributed by atoms with E-state index < -0.39 is 12.0 Å². The Hall–Kier alpha value is -1.20. The van der Waals surface area contributed by atoms with Gasteiger partial charge in [0.15, 0.2) is 0 Å². The van der Waals surface area contributed by atoms with Crippen molar-refractivity contribution in [2.45, 2.75) is 38.1 Å². The average Bonchev–Trinajstić information content (AvgIpc) is 2.82. The number of amides is 1. The van der Waals surface area contributed by atoms with Crippen molar-refractivity contribution in [2.24, 2.45) is 0 Å². The highest BCUT2D eigenvalue weighted by Crippen LogP contribution is 2.34. The van der Waals surface area contributed by atoms with Crippen molar-refractivity contribution in [2.75, 3.05) is 5.75 Å². The van der Waals surface area contributed by atoms with Crippen LogP contribution >= 0.6 is 23.4 Å². The van der Waals surface area contributed by atoms with E-state index in [2.05, 4.69) is 0 Å². The van der Waals surface area contributed by atoms with Crippen LogP contribution in [-0.2, 0) is 4.79 Å². The van der Waals surface area contributed by atoms with Gasteiger partial charge in [-0.1, -0.05) is 24.9 Å². The number of carboxylic acid groups (broad SMARTS) is 1. The van der Waals surface area contributed by atoms with Crippen LogP contribution in [0, 0.1) is 6.92 Å². The lowest BCUT2D eigenvalue weighted by Gasteiger charge is -2.27. The van der Waals surface area contributed by atoms with Gasteiger partial charge in [-0.25, -0.2) is 4.79 Å². The maximum atomic E-state index is 12.8. The van der Waals surface area contributed by atoms with Crippen LogP contribution in [-0.4, -0.2) is 39.1 Å². The number of aliphatic carboxylic acids is 1. The Kier molecular flexibility index (Phi) is 5.17. The lowest BCUT2D eigenvalue weighted by atomic mass is 10.1. The van der Waals surface area contributed by atoms with Crippen molar-refractivity contribution in [1.29, 1.82) is 0 Å². The summed E-state index contributed by atoms with van der Waals surface area (Å²) in [6.45, 7) is 3.85. The maximum Gasteiger partial charge on any atom is 0.327 e. The van der Waals surface area contributed by atoms with Crippen LogP contribution in [0.3, 0.4) is 0 Å². The van der Waals surface area contributed by atoms with Crippen molar-refractivity contribution in [3.05, 3.63) is 34.3 Å². The largest absolute Gasteiger partial charge is 0.480 e. The molecular formula is C15H18ClNO3S. The summed E-state index contributed by atoms with van der Waals surface area (Å²) < 4.78 is 0. The highest BCUT2D eigenvalue weighted by molar-refractivity contribution is 8.00. The predicted octanol–water partition coefficient (Wildman–Crippen LogP) is 3.42. The molecule has 1 saturated heterocycles. The van der Waals surface area contributed by atoms with E-state index in [4.69, 9.17) is 11.6 Å². The molecular weight excluding hydrogens is 310 g/mol. The van der Waals surface area contributed by atoms with Gasteiger partial charge < -0.3 is 10.0 Å². The van der Waals surface area contributed by atoms with Gasteiger partial charge in [-0.3, -0.25) is 4.79 Å². The molecule has 0 aliphatic carbocycles. The van der Waals surface area contributed by atoms with E-state index in [0.717, 1.165) is 18.4 Å². The number of rotatable bonds is 4. The number of carbonyl (C=O) groups excluding carboxylic acids is 1. The van der Waals surface area contributed by atoms with E-state index in [1.165, 1.54) is 4.90 Å². The van der Waals surface area contributed by atoms with E-state index in [0.29, 0.717) is 16.3 Å². The topological polar surface area (TPSA) is 57.6 Å². The lowest BCUT2D eigenvalue weighted by molar-refractivity contribution is -0.141. The van der Waals surface area contributed by atoms with Gasteiger partial charge in [0, 0.05) is 16.3 Å². The average molecular weight is 328 g/mol. The number of aryl methyl sites for hydroxylation is 1. The summed E-state index contributed by atoms with van der Waals surface area (Å²) in [6, 6.07) is 4.30. The highest BCUT2D eigenvalue weighted by Gasteiger charge is 2.41. The number of hydrogen-bond donors (Lipinski definition) is 1. The second kappa shape index (κ2) is 6.71. The van der Waals surface area contributed by atoms with Crippen LogP contribution in [0.15, 0.2) is 18.2 Å². The fourth-order valence-electron chi connectivity index (χ4n) is 2.50. The summed E-state index contributed by atoms with van der Waals surface area (Å²) >= 11 is 7.46. The zero-order valence-electron chi connectivity index (χ0n) is 12.0. The van der Waals surface area contributed by atoms with Gasteiger partial charge in [-0.05, 0) is 37.1 Å². The molecule has 2 atom stereocenters. The molecule has 1 N–H and O–H groups in total. The van der Waals surface area contributed by atoms with Gasteiger partial charge >= 0.3 is 5.97 Å². The SMILES string of the molecule is CCCC1SCC(C(=O)O)N1C(=O)c1ccc(Cl)cc1C. The first kappa shape index (κ1) is 16.2. The third kappa shape index (κ3) is 3.35. The Labute approximate surface area is 133 Å². The molecule has 1 aliphatic rings. The van der Waals surface area contributed by atoms with Crippen LogP contribution in [0.2, 0.25) is 5.02 Å². The van der Waals surface area contributed by atoms with Crippen LogP contribution in [0.25, 0.3) is 0 Å². The van der Waals surface area contributed by atoms with Gasteiger partial charge in [-0.2, -0.15) is 0 Å². The zero-order valence-corrected chi connectivity index (χ0v) is 13.6. The third-order valence-electron chi connectivity index (χ3n) is 3.57. The molecule has 0 radical (unpaired) electrons. The molecule has 4 nitrogen and oxygen atoms in total. The molecule has 1 heterocycles. The number of thioether (sulfide) groups is 1. The molecule has 114 valence electrons. The van der Waals surface area contributed by atoms with Crippen LogP contribution in [0.5, 0.6) is 0 Å². The number of nitrogens with zero attached hydrogens (tertiary/aromatic N) is 1. The summed E-state index contributed by atoms with van der Waals surface area (Å²) in [5.41, 5.74) is 1.29. The molecule has 1 fully saturated rings. The summed E-state index contributed by atoms with van der Waals surface area (Å²) in [5.74, 6) is -0.723. The first-order valence-electron chi connectivity index (χ1n) is 6.89. The predicted molar refractivity (Wildman–Crippen MR) is 84.9 cm³/mol. The van der Waals surface area contributed by atoms with Crippen molar-refractivity contribution >= 4 is 35.2 Å². The van der Waals surface area contributed by atoms with Crippen LogP contribution < -0.4 is 0 Å². The van der Waals surface area contributed by atoms with E-state index >= 15 is 0 Å². The molecule has 1 aromatic rings. The molecule has 0 spiro atoms. The molecule has 0 saturated carbocycles. The molecule has 6 heteroatoms. The molecule has 1 aliphatic heterocycles. The molecule has 0 aromatic heterocycles. The Bertz CT molecular complexity index is 564. The van der Waals surface area contributed by atoms with Crippen LogP contribution in [0.4, 0.5) is 0 Å². The minimum absolute atomic E-state index is 0.0707. The quantitative estimate of drug-likeness (QED) is 0.920. The Morgan fingerprint density at radius 1 is 1.48 bits per heavy atom. The normalized spacial score (nSPS) is 21.6. The third-order valence-corrected chi connectivity index (χ3v) is 5.16. The summed E-state index contributed by atoms with van der Waals surface area (Å²) in [6.07, 6.45) is 1.71. The van der Waals surface area contributed by atoms with Gasteiger partial charge in [0.2, 0.25) is 0 Å². The molecule has 1 amide bonds. The standard InChI is InChI=1S/C15H18ClNO3S/c1-3-4-13-17(12(8-21-13)15(19)20)14(18)11-6-5-10(16)7-9(11)2/h5-7,12-13H,3-4,8H2,1-2H3,(H,19,20). The van der Waals surface area contributed by atoms with Gasteiger partial charge in [0.25, 0.3) is 5.91 Å². The van der Waals surface area contributed by atoms with E-state index in [-0.39, 0.29) is 11.3 Å². The Morgan fingerprint density at radius 3 is 2.76 bits per heavy atom. The fourth-order valence-corrected chi connectivity index (χ4v) is 4.24. The second-order valence-corrected chi connectivity index (χ2v) is 6.75. The molecule has 2 rings (SSSR count). The molecule has 2 unspecified atom stereocenters. The number of carboxylic acids is 1. The van der Waals surface area contributed by atoms with Crippen molar-refractivity contribution < 1.29 is 14.7 Å². The second-order valence-electron chi connectivity index (χ2n) is 5.10. The molecule has 1 aromatic carbocycles. The van der Waals surface area contributed by atoms with Crippen molar-refractivity contribution in [1.82, 2.24) is 4.90 Å². The minimum Gasteiger partial charge on any atom is -0.480 e. The Balaban J connectivity index is 2.34. The molecule has 21 heavy (non-hydrogen) atoms. The summed E-state index contributed by atoms with van der Waals surface area (Å²) in [7, 11) is 0. The van der Waals surface area contributed by atoms with E-state index in [1.807, 2.05) is 13.8 Å². The minimum atomic E-state index is -0.943. The highest BCUT2D eigenvalue weighted by atomic mass is 35.5. The number of halogens is 1. The smallest absolute Gasteiger partial charge is 0.327 e. The first-order chi connectivity index (χ1) is 9.95. The summed E-state index contributed by atoms with van der Waals surface area (Å²) in [4.78, 5) is 25.7. The Morgan fingerprint density at radius 2 is 2.19 bits per heavy atom. The van der Waals surface area contributed by atoms with Crippen LogP contribution in [0.1, 0.15) is 35.7 Å². The number of benzene rings is 1. The van der Waals surface area contributed by atoms with Gasteiger partial charge in [-0.15, -0.1) is 11.8 Å². The zero-order chi connectivity index (χ0) is 15.6. The number of hydrogen-bond acceptors (Lipinski definition) is 3. The number of carbonyl (C=O) groups is 2. The monoisotopic (exact) mass is 327 g/mol. The van der Waals surface area contributed by atoms with Gasteiger partial charge in [0.1, 0.15) is 6.04 Å². The maximum absolute atomic E-state index is 12.8. The molecule has 0 bridgehead atoms.